The number of fused-ring (bicyclic) bond motifs is 1. The number of hydrogen-bond donors (Lipinski definition) is 0. The molecule has 0 radical (unpaired) electrons. The Balaban J connectivity index is 1.42. The molecule has 4 aromatic carbocycles. The lowest BCUT2D eigenvalue weighted by Gasteiger charge is -2.10. The van der Waals surface area contributed by atoms with Gasteiger partial charge in [0.25, 0.3) is 0 Å². The Hall–Kier alpha value is -3.78. The minimum absolute atomic E-state index is 0.266. The Morgan fingerprint density at radius 1 is 0.743 bits per heavy atom. The van der Waals surface area contributed by atoms with Gasteiger partial charge in [0.05, 0.1) is 6.61 Å². The fraction of sp³-hybridized carbons (Fsp3) is 0.233. The summed E-state index contributed by atoms with van der Waals surface area (Å²) in [6.07, 6.45) is 3.25. The standard InChI is InChI=1S/C30H26F3NO/c1-2-15-35-25-12-6-20(7-13-25)3-4-21-8-14-26-24(16-21)11-10-23(30(26)33)9-5-22-17-28(31)27(19-34)29(32)18-22/h6-8,10-14,16-18H,2-5,9,15H2,1H3. The quantitative estimate of drug-likeness (QED) is 0.252. The van der Waals surface area contributed by atoms with E-state index in [1.54, 1.807) is 12.1 Å². The van der Waals surface area contributed by atoms with Crippen LogP contribution in [0, 0.1) is 28.8 Å². The fourth-order valence-corrected chi connectivity index (χ4v) is 4.15. The molecule has 5 heteroatoms. The van der Waals surface area contributed by atoms with E-state index in [4.69, 9.17) is 10.00 Å². The summed E-state index contributed by atoms with van der Waals surface area (Å²) in [6, 6.07) is 21.3. The van der Waals surface area contributed by atoms with Gasteiger partial charge in [0.1, 0.15) is 34.8 Å². The van der Waals surface area contributed by atoms with Gasteiger partial charge in [-0.25, -0.2) is 13.2 Å². The van der Waals surface area contributed by atoms with E-state index in [-0.39, 0.29) is 12.2 Å². The second kappa shape index (κ2) is 11.1. The highest BCUT2D eigenvalue weighted by atomic mass is 19.1. The Kier molecular flexibility index (Phi) is 7.72. The van der Waals surface area contributed by atoms with Crippen LogP contribution in [-0.4, -0.2) is 6.61 Å². The molecule has 4 aromatic rings. The number of nitrogens with zero attached hydrogens (tertiary/aromatic N) is 1. The highest BCUT2D eigenvalue weighted by Gasteiger charge is 2.13. The van der Waals surface area contributed by atoms with Gasteiger partial charge >= 0.3 is 0 Å². The molecule has 0 spiro atoms. The monoisotopic (exact) mass is 473 g/mol. The molecule has 0 aliphatic carbocycles. The summed E-state index contributed by atoms with van der Waals surface area (Å²) in [5, 5.41) is 10.1. The Labute approximate surface area is 203 Å². The van der Waals surface area contributed by atoms with Gasteiger partial charge in [-0.15, -0.1) is 0 Å². The van der Waals surface area contributed by atoms with Crippen molar-refractivity contribution >= 4 is 10.8 Å². The summed E-state index contributed by atoms with van der Waals surface area (Å²) >= 11 is 0. The highest BCUT2D eigenvalue weighted by molar-refractivity contribution is 5.84. The van der Waals surface area contributed by atoms with Crippen molar-refractivity contribution in [2.24, 2.45) is 0 Å². The molecule has 178 valence electrons. The summed E-state index contributed by atoms with van der Waals surface area (Å²) in [5.41, 5.74) is 2.62. The van der Waals surface area contributed by atoms with Crippen molar-refractivity contribution < 1.29 is 17.9 Å². The van der Waals surface area contributed by atoms with Crippen molar-refractivity contribution in [2.75, 3.05) is 6.61 Å². The van der Waals surface area contributed by atoms with Gasteiger partial charge in [-0.3, -0.25) is 0 Å². The molecule has 4 rings (SSSR count). The summed E-state index contributed by atoms with van der Waals surface area (Å²) in [7, 11) is 0. The zero-order valence-electron chi connectivity index (χ0n) is 19.6. The number of ether oxygens (including phenoxy) is 1. The highest BCUT2D eigenvalue weighted by Crippen LogP contribution is 2.25. The molecule has 0 N–H and O–H groups in total. The molecule has 0 amide bonds. The molecule has 35 heavy (non-hydrogen) atoms. The maximum Gasteiger partial charge on any atom is 0.144 e. The normalized spacial score (nSPS) is 10.9. The van der Waals surface area contributed by atoms with Crippen LogP contribution < -0.4 is 4.74 Å². The van der Waals surface area contributed by atoms with Gasteiger partial charge in [0.15, 0.2) is 0 Å². The Morgan fingerprint density at radius 2 is 1.40 bits per heavy atom. The lowest BCUT2D eigenvalue weighted by atomic mass is 9.97. The van der Waals surface area contributed by atoms with Gasteiger partial charge in [-0.1, -0.05) is 49.4 Å². The topological polar surface area (TPSA) is 33.0 Å². The second-order valence-corrected chi connectivity index (χ2v) is 8.63. The van der Waals surface area contributed by atoms with Gasteiger partial charge in [0.2, 0.25) is 0 Å². The van der Waals surface area contributed by atoms with Gasteiger partial charge in [0, 0.05) is 5.39 Å². The van der Waals surface area contributed by atoms with Gasteiger partial charge < -0.3 is 4.74 Å². The maximum atomic E-state index is 15.2. The van der Waals surface area contributed by atoms with E-state index >= 15 is 4.39 Å². The van der Waals surface area contributed by atoms with Crippen molar-refractivity contribution in [1.82, 2.24) is 0 Å². The molecule has 0 aliphatic heterocycles. The third-order valence-corrected chi connectivity index (χ3v) is 6.09. The number of nitriles is 1. The fourth-order valence-electron chi connectivity index (χ4n) is 4.15. The van der Waals surface area contributed by atoms with Crippen molar-refractivity contribution in [3.63, 3.8) is 0 Å². The van der Waals surface area contributed by atoms with Crippen molar-refractivity contribution in [3.8, 4) is 11.8 Å². The average Bonchev–Trinajstić information content (AvgIpc) is 2.86. The third kappa shape index (κ3) is 5.84. The first-order valence-electron chi connectivity index (χ1n) is 11.8. The molecular formula is C30H26F3NO. The van der Waals surface area contributed by atoms with E-state index < -0.39 is 17.2 Å². The minimum Gasteiger partial charge on any atom is -0.494 e. The van der Waals surface area contributed by atoms with Crippen LogP contribution in [0.1, 0.15) is 41.2 Å². The summed E-state index contributed by atoms with van der Waals surface area (Å²) in [5.74, 6) is -1.22. The summed E-state index contributed by atoms with van der Waals surface area (Å²) in [4.78, 5) is 0. The number of hydrogen-bond acceptors (Lipinski definition) is 2. The van der Waals surface area contributed by atoms with Crippen LogP contribution in [0.3, 0.4) is 0 Å². The van der Waals surface area contributed by atoms with Crippen molar-refractivity contribution in [1.29, 1.82) is 5.26 Å². The van der Waals surface area contributed by atoms with Crippen LogP contribution in [0.4, 0.5) is 13.2 Å². The largest absolute Gasteiger partial charge is 0.494 e. The van der Waals surface area contributed by atoms with Crippen LogP contribution in [-0.2, 0) is 25.7 Å². The Morgan fingerprint density at radius 3 is 2.09 bits per heavy atom. The lowest BCUT2D eigenvalue weighted by molar-refractivity contribution is 0.317. The number of benzene rings is 4. The molecular weight excluding hydrogens is 447 g/mol. The van der Waals surface area contributed by atoms with Crippen LogP contribution in [0.15, 0.2) is 66.7 Å². The zero-order chi connectivity index (χ0) is 24.8. The Bertz CT molecular complexity index is 1350. The van der Waals surface area contributed by atoms with Crippen molar-refractivity contribution in [3.05, 3.63) is 112 Å². The first-order valence-corrected chi connectivity index (χ1v) is 11.8. The molecule has 2 nitrogen and oxygen atoms in total. The SMILES string of the molecule is CCCOc1ccc(CCc2ccc3c(F)c(CCc4cc(F)c(C#N)c(F)c4)ccc3c2)cc1. The third-order valence-electron chi connectivity index (χ3n) is 6.09. The van der Waals surface area contributed by atoms with E-state index in [1.165, 1.54) is 11.6 Å². The van der Waals surface area contributed by atoms with E-state index in [1.807, 2.05) is 30.3 Å². The summed E-state index contributed by atoms with van der Waals surface area (Å²) in [6.45, 7) is 2.79. The molecule has 0 fully saturated rings. The second-order valence-electron chi connectivity index (χ2n) is 8.63. The summed E-state index contributed by atoms with van der Waals surface area (Å²) < 4.78 is 48.5. The van der Waals surface area contributed by atoms with Gasteiger partial charge in [-0.05, 0) is 84.0 Å². The molecule has 0 heterocycles. The van der Waals surface area contributed by atoms with Crippen LogP contribution in [0.2, 0.25) is 0 Å². The molecule has 0 saturated carbocycles. The zero-order valence-corrected chi connectivity index (χ0v) is 19.6. The average molecular weight is 474 g/mol. The number of rotatable bonds is 9. The smallest absolute Gasteiger partial charge is 0.144 e. The molecule has 0 atom stereocenters. The molecule has 0 saturated heterocycles. The van der Waals surface area contributed by atoms with Crippen molar-refractivity contribution in [2.45, 2.75) is 39.0 Å². The van der Waals surface area contributed by atoms with Gasteiger partial charge in [-0.2, -0.15) is 5.26 Å². The predicted molar refractivity (Wildman–Crippen MR) is 132 cm³/mol. The number of aryl methyl sites for hydroxylation is 4. The molecule has 0 bridgehead atoms. The molecule has 0 aromatic heterocycles. The predicted octanol–water partition coefficient (Wildman–Crippen LogP) is 7.49. The van der Waals surface area contributed by atoms with E-state index in [0.717, 1.165) is 48.1 Å². The van der Waals surface area contributed by atoms with Crippen LogP contribution >= 0.6 is 0 Å². The molecule has 0 aliphatic rings. The van der Waals surface area contributed by atoms with E-state index in [9.17, 15) is 8.78 Å². The van der Waals surface area contributed by atoms with Crippen LogP contribution in [0.25, 0.3) is 10.8 Å². The number of halogens is 3. The first-order chi connectivity index (χ1) is 17.0. The lowest BCUT2D eigenvalue weighted by Crippen LogP contribution is -1.99. The first kappa shape index (κ1) is 24.3. The minimum atomic E-state index is -0.894. The maximum absolute atomic E-state index is 15.2. The van der Waals surface area contributed by atoms with Crippen LogP contribution in [0.5, 0.6) is 5.75 Å². The van der Waals surface area contributed by atoms with E-state index in [2.05, 4.69) is 19.1 Å². The molecule has 0 unspecified atom stereocenters. The van der Waals surface area contributed by atoms with E-state index in [0.29, 0.717) is 29.5 Å².